The molecule has 1 heterocycles. The van der Waals surface area contributed by atoms with Crippen molar-refractivity contribution >= 4 is 29.0 Å². The molecule has 0 saturated heterocycles. The first-order valence-electron chi connectivity index (χ1n) is 7.65. The Labute approximate surface area is 133 Å². The van der Waals surface area contributed by atoms with E-state index in [0.29, 0.717) is 33.7 Å². The van der Waals surface area contributed by atoms with Gasteiger partial charge in [0.25, 0.3) is 11.5 Å². The first-order chi connectivity index (χ1) is 10.6. The third kappa shape index (κ3) is 2.70. The number of nitrogens with zero attached hydrogens (tertiary/aromatic N) is 1. The molecule has 116 valence electrons. The van der Waals surface area contributed by atoms with E-state index in [9.17, 15) is 9.59 Å². The Balaban J connectivity index is 1.90. The van der Waals surface area contributed by atoms with E-state index in [0.717, 1.165) is 6.54 Å². The second-order valence-electron chi connectivity index (χ2n) is 5.75. The lowest BCUT2D eigenvalue weighted by Crippen LogP contribution is -2.32. The number of carbonyl (C=O) groups excluding carboxylic acids is 1. The largest absolute Gasteiger partial charge is 0.352 e. The van der Waals surface area contributed by atoms with E-state index in [1.807, 2.05) is 6.92 Å². The molecule has 1 aliphatic rings. The third-order valence-electron chi connectivity index (χ3n) is 4.34. The predicted octanol–water partition coefficient (Wildman–Crippen LogP) is 2.61. The maximum Gasteiger partial charge on any atom is 0.262 e. The van der Waals surface area contributed by atoms with Crippen LogP contribution in [0, 0.1) is 10.7 Å². The molecule has 0 spiro atoms. The topological polar surface area (TPSA) is 66.9 Å². The van der Waals surface area contributed by atoms with Crippen LogP contribution in [0.25, 0.3) is 10.9 Å². The molecule has 0 unspecified atom stereocenters. The van der Waals surface area contributed by atoms with Gasteiger partial charge in [0.1, 0.15) is 0 Å². The van der Waals surface area contributed by atoms with E-state index in [-0.39, 0.29) is 11.5 Å². The summed E-state index contributed by atoms with van der Waals surface area (Å²) < 4.78 is 1.89. The fourth-order valence-electron chi connectivity index (χ4n) is 2.72. The Morgan fingerprint density at radius 3 is 2.86 bits per heavy atom. The quantitative estimate of drug-likeness (QED) is 0.852. The summed E-state index contributed by atoms with van der Waals surface area (Å²) in [5, 5.41) is 3.50. The molecule has 3 rings (SSSR count). The van der Waals surface area contributed by atoms with Crippen LogP contribution >= 0.6 is 12.2 Å². The van der Waals surface area contributed by atoms with E-state index >= 15 is 0 Å². The average molecular weight is 317 g/mol. The van der Waals surface area contributed by atoms with Crippen LogP contribution in [0.4, 0.5) is 0 Å². The van der Waals surface area contributed by atoms with Crippen molar-refractivity contribution < 1.29 is 4.79 Å². The molecular weight excluding hydrogens is 298 g/mol. The number of fused-ring (bicyclic) bond motifs is 1. The van der Waals surface area contributed by atoms with Crippen LogP contribution in [-0.4, -0.2) is 22.0 Å². The van der Waals surface area contributed by atoms with Gasteiger partial charge in [-0.1, -0.05) is 6.42 Å². The number of H-pyrrole nitrogens is 1. The van der Waals surface area contributed by atoms with Gasteiger partial charge < -0.3 is 10.3 Å². The molecule has 6 heteroatoms. The zero-order chi connectivity index (χ0) is 15.7. The normalized spacial score (nSPS) is 14.8. The maximum absolute atomic E-state index is 12.3. The number of rotatable bonds is 4. The van der Waals surface area contributed by atoms with Crippen molar-refractivity contribution in [3.63, 3.8) is 0 Å². The number of amides is 1. The van der Waals surface area contributed by atoms with Crippen molar-refractivity contribution in [2.45, 2.75) is 32.7 Å². The van der Waals surface area contributed by atoms with Gasteiger partial charge in [-0.3, -0.25) is 14.2 Å². The summed E-state index contributed by atoms with van der Waals surface area (Å²) >= 11 is 5.19. The number of aromatic nitrogens is 2. The van der Waals surface area contributed by atoms with Crippen LogP contribution in [0.15, 0.2) is 23.0 Å². The molecule has 22 heavy (non-hydrogen) atoms. The highest BCUT2D eigenvalue weighted by Crippen LogP contribution is 2.25. The summed E-state index contributed by atoms with van der Waals surface area (Å²) in [6.45, 7) is 3.12. The molecule has 2 N–H and O–H groups in total. The lowest BCUT2D eigenvalue weighted by atomic mass is 9.85. The molecule has 1 amide bonds. The number of nitrogens with one attached hydrogen (secondary N) is 2. The highest BCUT2D eigenvalue weighted by atomic mass is 32.1. The van der Waals surface area contributed by atoms with E-state index in [4.69, 9.17) is 12.2 Å². The van der Waals surface area contributed by atoms with Gasteiger partial charge in [0.15, 0.2) is 4.77 Å². The van der Waals surface area contributed by atoms with Crippen LogP contribution in [0.2, 0.25) is 0 Å². The minimum Gasteiger partial charge on any atom is -0.352 e. The van der Waals surface area contributed by atoms with Gasteiger partial charge in [-0.15, -0.1) is 0 Å². The summed E-state index contributed by atoms with van der Waals surface area (Å²) in [5.41, 5.74) is 1.03. The molecule has 1 aromatic carbocycles. The fraction of sp³-hybridized carbons (Fsp3) is 0.438. The molecular formula is C16H19N3O2S. The van der Waals surface area contributed by atoms with Crippen LogP contribution in [0.5, 0.6) is 0 Å². The standard InChI is InChI=1S/C16H19N3O2S/c1-2-19-15(21)12-7-6-11(8-13(12)18-16(19)22)14(20)17-9-10-4-3-5-10/h6-8,10H,2-5,9H2,1H3,(H,17,20)(H,18,22). The Morgan fingerprint density at radius 2 is 2.23 bits per heavy atom. The molecule has 1 saturated carbocycles. The molecule has 0 aliphatic heterocycles. The van der Waals surface area contributed by atoms with Crippen molar-refractivity contribution in [3.8, 4) is 0 Å². The second kappa shape index (κ2) is 6.04. The summed E-state index contributed by atoms with van der Waals surface area (Å²) in [6, 6.07) is 5.08. The first kappa shape index (κ1) is 15.0. The number of benzene rings is 1. The molecule has 5 nitrogen and oxygen atoms in total. The number of carbonyl (C=O) groups is 1. The number of hydrogen-bond donors (Lipinski definition) is 2. The van der Waals surface area contributed by atoms with E-state index < -0.39 is 0 Å². The molecule has 1 fully saturated rings. The number of hydrogen-bond acceptors (Lipinski definition) is 3. The third-order valence-corrected chi connectivity index (χ3v) is 4.66. The summed E-state index contributed by atoms with van der Waals surface area (Å²) in [6.07, 6.45) is 3.65. The van der Waals surface area contributed by atoms with Gasteiger partial charge in [0, 0.05) is 18.7 Å². The van der Waals surface area contributed by atoms with Crippen molar-refractivity contribution in [1.29, 1.82) is 0 Å². The lowest BCUT2D eigenvalue weighted by molar-refractivity contribution is 0.0939. The monoisotopic (exact) mass is 317 g/mol. The van der Waals surface area contributed by atoms with Crippen molar-refractivity contribution in [3.05, 3.63) is 38.9 Å². The van der Waals surface area contributed by atoms with Gasteiger partial charge in [0.2, 0.25) is 0 Å². The summed E-state index contributed by atoms with van der Waals surface area (Å²) in [7, 11) is 0. The molecule has 1 aliphatic carbocycles. The minimum absolute atomic E-state index is 0.104. The minimum atomic E-state index is -0.123. The van der Waals surface area contributed by atoms with Crippen LogP contribution in [0.3, 0.4) is 0 Å². The Morgan fingerprint density at radius 1 is 1.45 bits per heavy atom. The van der Waals surface area contributed by atoms with Crippen LogP contribution < -0.4 is 10.9 Å². The van der Waals surface area contributed by atoms with Crippen molar-refractivity contribution in [2.75, 3.05) is 6.54 Å². The lowest BCUT2D eigenvalue weighted by Gasteiger charge is -2.25. The van der Waals surface area contributed by atoms with Crippen LogP contribution in [0.1, 0.15) is 36.5 Å². The zero-order valence-corrected chi connectivity index (χ0v) is 13.3. The summed E-state index contributed by atoms with van der Waals surface area (Å²) in [4.78, 5) is 27.5. The predicted molar refractivity (Wildman–Crippen MR) is 88.7 cm³/mol. The maximum atomic E-state index is 12.3. The summed E-state index contributed by atoms with van der Waals surface area (Å²) in [5.74, 6) is 0.514. The Hall–Kier alpha value is -1.95. The fourth-order valence-corrected chi connectivity index (χ4v) is 3.04. The molecule has 0 bridgehead atoms. The van der Waals surface area contributed by atoms with E-state index in [2.05, 4.69) is 10.3 Å². The van der Waals surface area contributed by atoms with E-state index in [1.165, 1.54) is 23.8 Å². The van der Waals surface area contributed by atoms with Gasteiger partial charge in [-0.25, -0.2) is 0 Å². The zero-order valence-electron chi connectivity index (χ0n) is 12.5. The Bertz CT molecular complexity index is 833. The molecule has 2 aromatic rings. The highest BCUT2D eigenvalue weighted by Gasteiger charge is 2.18. The first-order valence-corrected chi connectivity index (χ1v) is 8.06. The highest BCUT2D eigenvalue weighted by molar-refractivity contribution is 7.71. The second-order valence-corrected chi connectivity index (χ2v) is 6.13. The molecule has 0 atom stereocenters. The van der Waals surface area contributed by atoms with Gasteiger partial charge in [0.05, 0.1) is 10.9 Å². The average Bonchev–Trinajstić information content (AvgIpc) is 2.45. The molecule has 1 aromatic heterocycles. The van der Waals surface area contributed by atoms with Gasteiger partial charge in [-0.2, -0.15) is 0 Å². The van der Waals surface area contributed by atoms with Gasteiger partial charge >= 0.3 is 0 Å². The number of aromatic amines is 1. The molecule has 0 radical (unpaired) electrons. The van der Waals surface area contributed by atoms with E-state index in [1.54, 1.807) is 18.2 Å². The van der Waals surface area contributed by atoms with Crippen molar-refractivity contribution in [1.82, 2.24) is 14.9 Å². The Kier molecular flexibility index (Phi) is 4.11. The van der Waals surface area contributed by atoms with Gasteiger partial charge in [-0.05, 0) is 56.1 Å². The smallest absolute Gasteiger partial charge is 0.262 e. The van der Waals surface area contributed by atoms with Crippen LogP contribution in [-0.2, 0) is 6.54 Å². The SMILES string of the molecule is CCn1c(=S)[nH]c2cc(C(=O)NCC3CCC3)ccc2c1=O. The van der Waals surface area contributed by atoms with Crippen molar-refractivity contribution in [2.24, 2.45) is 5.92 Å².